The van der Waals surface area contributed by atoms with Gasteiger partial charge in [-0.15, -0.1) is 0 Å². The molecule has 0 atom stereocenters. The molecule has 3 N–H and O–H groups in total. The number of nitrogens with two attached hydrogens (primary N) is 1. The Bertz CT molecular complexity index is 614. The first-order chi connectivity index (χ1) is 9.89. The van der Waals surface area contributed by atoms with Crippen molar-refractivity contribution in [2.24, 2.45) is 0 Å². The number of hydrogen-bond acceptors (Lipinski definition) is 5. The Balaban J connectivity index is 2.03. The van der Waals surface area contributed by atoms with E-state index in [4.69, 9.17) is 5.73 Å². The normalized spacial score (nSPS) is 18.3. The van der Waals surface area contributed by atoms with Crippen molar-refractivity contribution in [3.05, 3.63) is 23.4 Å². The van der Waals surface area contributed by atoms with E-state index >= 15 is 0 Å². The molecule has 0 radical (unpaired) electrons. The molecule has 1 aromatic heterocycles. The van der Waals surface area contributed by atoms with Crippen LogP contribution in [-0.2, 0) is 16.3 Å². The van der Waals surface area contributed by atoms with E-state index in [1.165, 1.54) is 0 Å². The topological polar surface area (TPSA) is 102 Å². The van der Waals surface area contributed by atoms with Crippen LogP contribution in [0.25, 0.3) is 0 Å². The highest BCUT2D eigenvalue weighted by molar-refractivity contribution is 7.91. The third-order valence-electron chi connectivity index (χ3n) is 3.56. The maximum atomic E-state index is 12.2. The molecule has 1 fully saturated rings. The Kier molecular flexibility index (Phi) is 4.82. The fourth-order valence-corrected chi connectivity index (χ4v) is 3.92. The van der Waals surface area contributed by atoms with Crippen LogP contribution in [0.15, 0.2) is 12.1 Å². The van der Waals surface area contributed by atoms with Crippen molar-refractivity contribution in [1.29, 1.82) is 0 Å². The summed E-state index contributed by atoms with van der Waals surface area (Å²) < 4.78 is 22.8. The second-order valence-electron chi connectivity index (χ2n) is 5.42. The Morgan fingerprint density at radius 1 is 1.38 bits per heavy atom. The van der Waals surface area contributed by atoms with Gasteiger partial charge in [0.1, 0.15) is 15.7 Å². The summed E-state index contributed by atoms with van der Waals surface area (Å²) in [6.45, 7) is 2.03. The Hall–Kier alpha value is -1.63. The number of sulfone groups is 1. The number of aryl methyl sites for hydroxylation is 1. The molecule has 116 valence electrons. The van der Waals surface area contributed by atoms with Crippen LogP contribution in [-0.4, -0.2) is 36.9 Å². The number of rotatable bonds is 4. The van der Waals surface area contributed by atoms with Gasteiger partial charge in [0.05, 0.1) is 11.5 Å². The lowest BCUT2D eigenvalue weighted by Gasteiger charge is -2.23. The summed E-state index contributed by atoms with van der Waals surface area (Å²) in [5, 5.41) is 2.88. The second-order valence-corrected chi connectivity index (χ2v) is 7.73. The smallest absolute Gasteiger partial charge is 0.251 e. The van der Waals surface area contributed by atoms with Crippen molar-refractivity contribution in [2.75, 3.05) is 17.2 Å². The highest BCUT2D eigenvalue weighted by Crippen LogP contribution is 2.14. The first-order valence-corrected chi connectivity index (χ1v) is 8.99. The number of pyridine rings is 1. The van der Waals surface area contributed by atoms with Crippen LogP contribution in [0.1, 0.15) is 42.2 Å². The predicted octanol–water partition coefficient (Wildman–Crippen LogP) is 0.923. The Morgan fingerprint density at radius 3 is 2.67 bits per heavy atom. The number of carbonyl (C=O) groups is 1. The Labute approximate surface area is 125 Å². The molecule has 1 aliphatic heterocycles. The van der Waals surface area contributed by atoms with Gasteiger partial charge in [0.15, 0.2) is 0 Å². The number of nitrogens with one attached hydrogen (secondary N) is 1. The van der Waals surface area contributed by atoms with Gasteiger partial charge in [-0.05, 0) is 31.4 Å². The molecular weight excluding hydrogens is 290 g/mol. The van der Waals surface area contributed by atoms with Gasteiger partial charge < -0.3 is 11.1 Å². The van der Waals surface area contributed by atoms with Gasteiger partial charge in [-0.25, -0.2) is 13.4 Å². The van der Waals surface area contributed by atoms with Crippen LogP contribution >= 0.6 is 0 Å². The van der Waals surface area contributed by atoms with Gasteiger partial charge in [0, 0.05) is 17.3 Å². The maximum Gasteiger partial charge on any atom is 0.251 e. The minimum absolute atomic E-state index is 0.0926. The molecule has 1 aromatic rings. The minimum atomic E-state index is -2.92. The summed E-state index contributed by atoms with van der Waals surface area (Å²) in [6.07, 6.45) is 2.64. The number of aromatic nitrogens is 1. The molecule has 2 heterocycles. The number of amides is 1. The van der Waals surface area contributed by atoms with Crippen molar-refractivity contribution in [1.82, 2.24) is 10.3 Å². The predicted molar refractivity (Wildman–Crippen MR) is 81.8 cm³/mol. The minimum Gasteiger partial charge on any atom is -0.384 e. The maximum absolute atomic E-state index is 12.2. The fraction of sp³-hybridized carbons (Fsp3) is 0.571. The van der Waals surface area contributed by atoms with Crippen molar-refractivity contribution in [2.45, 2.75) is 38.6 Å². The van der Waals surface area contributed by atoms with Crippen molar-refractivity contribution in [3.63, 3.8) is 0 Å². The number of anilines is 1. The highest BCUT2D eigenvalue weighted by atomic mass is 32.2. The largest absolute Gasteiger partial charge is 0.384 e. The van der Waals surface area contributed by atoms with Crippen molar-refractivity contribution < 1.29 is 13.2 Å². The van der Waals surface area contributed by atoms with E-state index in [-0.39, 0.29) is 23.5 Å². The molecule has 0 aromatic carbocycles. The van der Waals surface area contributed by atoms with E-state index in [1.54, 1.807) is 12.1 Å². The Morgan fingerprint density at radius 2 is 2.05 bits per heavy atom. The van der Waals surface area contributed by atoms with Gasteiger partial charge in [0.2, 0.25) is 0 Å². The van der Waals surface area contributed by atoms with Crippen LogP contribution in [0, 0.1) is 0 Å². The molecule has 7 heteroatoms. The van der Waals surface area contributed by atoms with Gasteiger partial charge in [-0.1, -0.05) is 13.3 Å². The second kappa shape index (κ2) is 6.43. The van der Waals surface area contributed by atoms with Crippen LogP contribution in [0.3, 0.4) is 0 Å². The zero-order valence-corrected chi connectivity index (χ0v) is 12.9. The molecule has 1 amide bonds. The van der Waals surface area contributed by atoms with Gasteiger partial charge in [-0.2, -0.15) is 0 Å². The number of hydrogen-bond donors (Lipinski definition) is 2. The SMILES string of the molecule is CCCc1cc(C(=O)NC2CCS(=O)(=O)CC2)cc(N)n1. The number of carbonyl (C=O) groups excluding carboxylic acids is 1. The van der Waals surface area contributed by atoms with Crippen LogP contribution in [0.4, 0.5) is 5.82 Å². The van der Waals surface area contributed by atoms with Crippen LogP contribution in [0.2, 0.25) is 0 Å². The molecule has 6 nitrogen and oxygen atoms in total. The standard InChI is InChI=1S/C14H21N3O3S/c1-2-3-12-8-10(9-13(15)16-12)14(18)17-11-4-6-21(19,20)7-5-11/h8-9,11H,2-7H2,1H3,(H2,15,16)(H,17,18). The highest BCUT2D eigenvalue weighted by Gasteiger charge is 2.25. The summed E-state index contributed by atoms with van der Waals surface area (Å²) in [5.41, 5.74) is 7.01. The lowest BCUT2D eigenvalue weighted by atomic mass is 10.1. The molecule has 21 heavy (non-hydrogen) atoms. The van der Waals surface area contributed by atoms with E-state index < -0.39 is 9.84 Å². The monoisotopic (exact) mass is 311 g/mol. The molecule has 1 saturated heterocycles. The van der Waals surface area contributed by atoms with Crippen molar-refractivity contribution >= 4 is 21.6 Å². The third kappa shape index (κ3) is 4.42. The van der Waals surface area contributed by atoms with Crippen molar-refractivity contribution in [3.8, 4) is 0 Å². The molecular formula is C14H21N3O3S. The van der Waals surface area contributed by atoms with Crippen LogP contribution in [0.5, 0.6) is 0 Å². The van der Waals surface area contributed by atoms with E-state index in [9.17, 15) is 13.2 Å². The summed E-state index contributed by atoms with van der Waals surface area (Å²) in [5.74, 6) is 0.387. The summed E-state index contributed by atoms with van der Waals surface area (Å²) in [4.78, 5) is 16.4. The molecule has 0 unspecified atom stereocenters. The quantitative estimate of drug-likeness (QED) is 0.861. The molecule has 1 aliphatic rings. The molecule has 0 saturated carbocycles. The zero-order valence-electron chi connectivity index (χ0n) is 12.1. The van der Waals surface area contributed by atoms with E-state index in [2.05, 4.69) is 10.3 Å². The summed E-state index contributed by atoms with van der Waals surface area (Å²) in [7, 11) is -2.92. The first-order valence-electron chi connectivity index (χ1n) is 7.17. The summed E-state index contributed by atoms with van der Waals surface area (Å²) >= 11 is 0. The average Bonchev–Trinajstić information content (AvgIpc) is 2.41. The molecule has 0 aliphatic carbocycles. The van der Waals surface area contributed by atoms with E-state index in [0.717, 1.165) is 18.5 Å². The molecule has 0 spiro atoms. The molecule has 2 rings (SSSR count). The molecule has 0 bridgehead atoms. The number of nitrogen functional groups attached to an aromatic ring is 1. The van der Waals surface area contributed by atoms with E-state index in [0.29, 0.717) is 24.2 Å². The summed E-state index contributed by atoms with van der Waals surface area (Å²) in [6, 6.07) is 3.20. The fourth-order valence-electron chi connectivity index (χ4n) is 2.43. The third-order valence-corrected chi connectivity index (χ3v) is 5.27. The van der Waals surface area contributed by atoms with Gasteiger partial charge in [-0.3, -0.25) is 4.79 Å². The lowest BCUT2D eigenvalue weighted by molar-refractivity contribution is 0.0934. The zero-order chi connectivity index (χ0) is 15.5. The van der Waals surface area contributed by atoms with Crippen LogP contribution < -0.4 is 11.1 Å². The number of nitrogens with zero attached hydrogens (tertiary/aromatic N) is 1. The average molecular weight is 311 g/mol. The first kappa shape index (κ1) is 15.8. The van der Waals surface area contributed by atoms with E-state index in [1.807, 2.05) is 6.92 Å². The lowest BCUT2D eigenvalue weighted by Crippen LogP contribution is -2.40. The van der Waals surface area contributed by atoms with Gasteiger partial charge in [0.25, 0.3) is 5.91 Å². The van der Waals surface area contributed by atoms with Gasteiger partial charge >= 0.3 is 0 Å².